The van der Waals surface area contributed by atoms with E-state index in [1.807, 2.05) is 51.1 Å². The minimum Gasteiger partial charge on any atom is -0.462 e. The zero-order chi connectivity index (χ0) is 36.5. The van der Waals surface area contributed by atoms with E-state index in [4.69, 9.17) is 9.84 Å². The summed E-state index contributed by atoms with van der Waals surface area (Å²) in [6.45, 7) is 9.29. The van der Waals surface area contributed by atoms with Crippen molar-refractivity contribution in [3.05, 3.63) is 83.8 Å². The molecule has 0 saturated heterocycles. The Morgan fingerprint density at radius 1 is 1.00 bits per heavy atom. The monoisotopic (exact) mass is 679 g/mol. The molecule has 3 rings (SSSR count). The largest absolute Gasteiger partial charge is 0.462 e. The second-order valence-electron chi connectivity index (χ2n) is 11.6. The van der Waals surface area contributed by atoms with Gasteiger partial charge in [0.2, 0.25) is 5.91 Å². The number of aliphatic hydroxyl groups excluding tert-OH is 1. The summed E-state index contributed by atoms with van der Waals surface area (Å²) in [5, 5.41) is 15.1. The van der Waals surface area contributed by atoms with Gasteiger partial charge in [-0.15, -0.1) is 0 Å². The van der Waals surface area contributed by atoms with Gasteiger partial charge < -0.3 is 39.9 Å². The quantitative estimate of drug-likeness (QED) is 0.197. The number of nitrogens with zero attached hydrogens (tertiary/aromatic N) is 2. The van der Waals surface area contributed by atoms with Gasteiger partial charge in [0.15, 0.2) is 5.82 Å². The lowest BCUT2D eigenvalue weighted by atomic mass is 10.0. The minimum atomic E-state index is -4.57. The maximum absolute atomic E-state index is 13.1. The third kappa shape index (κ3) is 14.0. The second-order valence-corrected chi connectivity index (χ2v) is 11.6. The first-order valence-electron chi connectivity index (χ1n) is 14.6. The van der Waals surface area contributed by atoms with Crippen molar-refractivity contribution in [2.45, 2.75) is 70.6 Å². The van der Waals surface area contributed by atoms with Crippen LogP contribution >= 0.6 is 0 Å². The van der Waals surface area contributed by atoms with Gasteiger partial charge in [0, 0.05) is 13.3 Å². The number of anilines is 1. The van der Waals surface area contributed by atoms with E-state index in [9.17, 15) is 32.3 Å². The lowest BCUT2D eigenvalue weighted by molar-refractivity contribution is -0.139. The third-order valence-electron chi connectivity index (χ3n) is 6.47. The Hall–Kier alpha value is -4.60. The molecule has 4 N–H and O–H groups in total. The van der Waals surface area contributed by atoms with E-state index >= 15 is 0 Å². The SMILES string of the molecule is CC(C)(C)OC=O.CNC(C)(C)C(=O)NC(COCc1ccccc1)C(=O)Nc1cn(C(C=O)c2cccc(C(F)(F)F)c2)cn1.CO. The Bertz CT molecular complexity index is 1440. The van der Waals surface area contributed by atoms with E-state index < -0.39 is 41.2 Å². The van der Waals surface area contributed by atoms with Gasteiger partial charge in [-0.25, -0.2) is 4.98 Å². The van der Waals surface area contributed by atoms with Crippen LogP contribution in [0.4, 0.5) is 19.0 Å². The maximum Gasteiger partial charge on any atom is 0.416 e. The van der Waals surface area contributed by atoms with Crippen LogP contribution in [0.2, 0.25) is 0 Å². The fourth-order valence-corrected chi connectivity index (χ4v) is 3.63. The standard InChI is InChI=1S/C27H30F3N5O4.C5H10O2.CH4O/c1-26(2,31-3)25(38)33-21(16-39-15-18-8-5-4-6-9-18)24(37)34-23-13-35(17-32-23)22(14-36)19-10-7-11-20(12-19)27(28,29)30;1-5(2,3)7-4-6;1-2/h4-14,17,21-22,31H,15-16H2,1-3H3,(H,33,38)(H,34,37);4H,1-3H3;2H,1H3. The van der Waals surface area contributed by atoms with Crippen LogP contribution in [0.1, 0.15) is 57.4 Å². The summed E-state index contributed by atoms with van der Waals surface area (Å²) in [5.74, 6) is -1.03. The fourth-order valence-electron chi connectivity index (χ4n) is 3.63. The first kappa shape index (κ1) is 41.4. The van der Waals surface area contributed by atoms with Crippen LogP contribution in [0.3, 0.4) is 0 Å². The molecule has 48 heavy (non-hydrogen) atoms. The van der Waals surface area contributed by atoms with Gasteiger partial charge >= 0.3 is 6.18 Å². The van der Waals surface area contributed by atoms with E-state index in [1.54, 1.807) is 20.9 Å². The normalized spacial score (nSPS) is 12.6. The first-order valence-corrected chi connectivity index (χ1v) is 14.6. The van der Waals surface area contributed by atoms with Crippen molar-refractivity contribution in [1.29, 1.82) is 0 Å². The summed E-state index contributed by atoms with van der Waals surface area (Å²) in [4.78, 5) is 51.3. The molecule has 2 unspecified atom stereocenters. The van der Waals surface area contributed by atoms with Gasteiger partial charge in [-0.2, -0.15) is 13.2 Å². The molecule has 15 heteroatoms. The average molecular weight is 680 g/mol. The number of alkyl halides is 3. The Morgan fingerprint density at radius 3 is 2.17 bits per heavy atom. The van der Waals surface area contributed by atoms with Crippen LogP contribution in [0.25, 0.3) is 0 Å². The first-order chi connectivity index (χ1) is 22.5. The molecule has 0 aliphatic carbocycles. The smallest absolute Gasteiger partial charge is 0.416 e. The predicted octanol–water partition coefficient (Wildman–Crippen LogP) is 3.89. The highest BCUT2D eigenvalue weighted by Crippen LogP contribution is 2.31. The average Bonchev–Trinajstić information content (AvgIpc) is 3.49. The van der Waals surface area contributed by atoms with Crippen LogP contribution in [0.15, 0.2) is 67.1 Å². The molecular formula is C33H44F3N5O7. The fraction of sp³-hybridized carbons (Fsp3) is 0.424. The van der Waals surface area contributed by atoms with E-state index in [1.165, 1.54) is 29.2 Å². The summed E-state index contributed by atoms with van der Waals surface area (Å²) in [7, 11) is 2.61. The number of aromatic nitrogens is 2. The Labute approximate surface area is 278 Å². The number of carbonyl (C=O) groups excluding carboxylic acids is 4. The second kappa shape index (κ2) is 19.3. The number of rotatable bonds is 13. The van der Waals surface area contributed by atoms with Crippen molar-refractivity contribution < 1.29 is 46.9 Å². The number of carbonyl (C=O) groups is 4. The summed E-state index contributed by atoms with van der Waals surface area (Å²) in [5.41, 5.74) is -1.20. The molecule has 1 aromatic heterocycles. The third-order valence-corrected chi connectivity index (χ3v) is 6.47. The van der Waals surface area contributed by atoms with Gasteiger partial charge in [-0.3, -0.25) is 14.4 Å². The highest BCUT2D eigenvalue weighted by atomic mass is 19.4. The number of aliphatic hydroxyl groups is 1. The lowest BCUT2D eigenvalue weighted by Crippen LogP contribution is -2.57. The number of hydrogen-bond donors (Lipinski definition) is 4. The Kier molecular flexibility index (Phi) is 16.6. The number of benzene rings is 2. The van der Waals surface area contributed by atoms with Gasteiger partial charge in [0.25, 0.3) is 12.4 Å². The number of aldehydes is 1. The number of halogens is 3. The van der Waals surface area contributed by atoms with Crippen LogP contribution in [-0.4, -0.2) is 77.2 Å². The van der Waals surface area contributed by atoms with Gasteiger partial charge in [-0.05, 0) is 64.9 Å². The van der Waals surface area contributed by atoms with Crippen molar-refractivity contribution >= 4 is 30.4 Å². The molecule has 0 saturated carbocycles. The van der Waals surface area contributed by atoms with Gasteiger partial charge in [0.1, 0.15) is 24.0 Å². The number of imidazole rings is 1. The van der Waals surface area contributed by atoms with Gasteiger partial charge in [0.05, 0.1) is 30.6 Å². The molecule has 12 nitrogen and oxygen atoms in total. The summed E-state index contributed by atoms with van der Waals surface area (Å²) in [6.07, 6.45) is -1.55. The van der Waals surface area contributed by atoms with Crippen LogP contribution in [0, 0.1) is 0 Å². The van der Waals surface area contributed by atoms with Crippen molar-refractivity contribution in [1.82, 2.24) is 20.2 Å². The topological polar surface area (TPSA) is 161 Å². The Balaban J connectivity index is 0.00000113. The lowest BCUT2D eigenvalue weighted by Gasteiger charge is -2.26. The molecule has 0 aliphatic rings. The summed E-state index contributed by atoms with van der Waals surface area (Å²) >= 11 is 0. The molecule has 0 bridgehead atoms. The number of hydrogen-bond acceptors (Lipinski definition) is 9. The molecule has 0 aliphatic heterocycles. The molecule has 2 amide bonds. The maximum atomic E-state index is 13.1. The molecule has 1 heterocycles. The molecule has 0 fully saturated rings. The van der Waals surface area contributed by atoms with Gasteiger partial charge in [-0.1, -0.05) is 42.5 Å². The molecule has 0 radical (unpaired) electrons. The van der Waals surface area contributed by atoms with E-state index in [0.717, 1.165) is 24.8 Å². The highest BCUT2D eigenvalue weighted by molar-refractivity contribution is 5.98. The van der Waals surface area contributed by atoms with Crippen molar-refractivity contribution in [3.63, 3.8) is 0 Å². The number of ether oxygens (including phenoxy) is 2. The predicted molar refractivity (Wildman–Crippen MR) is 173 cm³/mol. The van der Waals surface area contributed by atoms with E-state index in [-0.39, 0.29) is 30.2 Å². The van der Waals surface area contributed by atoms with Crippen molar-refractivity contribution in [2.24, 2.45) is 0 Å². The van der Waals surface area contributed by atoms with Crippen LogP contribution in [-0.2, 0) is 41.4 Å². The Morgan fingerprint density at radius 2 is 1.65 bits per heavy atom. The van der Waals surface area contributed by atoms with Crippen LogP contribution in [0.5, 0.6) is 0 Å². The molecule has 3 aromatic rings. The zero-order valence-corrected chi connectivity index (χ0v) is 28.0. The van der Waals surface area contributed by atoms with E-state index in [2.05, 4.69) is 25.7 Å². The summed E-state index contributed by atoms with van der Waals surface area (Å²) < 4.78 is 50.9. The number of nitrogens with one attached hydrogen (secondary N) is 3. The molecular weight excluding hydrogens is 635 g/mol. The molecule has 0 spiro atoms. The zero-order valence-electron chi connectivity index (χ0n) is 28.0. The molecule has 264 valence electrons. The van der Waals surface area contributed by atoms with Crippen molar-refractivity contribution in [3.8, 4) is 0 Å². The molecule has 2 aromatic carbocycles. The summed E-state index contributed by atoms with van der Waals surface area (Å²) in [6, 6.07) is 11.5. The highest BCUT2D eigenvalue weighted by Gasteiger charge is 2.32. The van der Waals surface area contributed by atoms with Crippen LogP contribution < -0.4 is 16.0 Å². The molecule has 2 atom stereocenters. The van der Waals surface area contributed by atoms with Crippen molar-refractivity contribution in [2.75, 3.05) is 26.1 Å². The van der Waals surface area contributed by atoms with E-state index in [0.29, 0.717) is 12.8 Å². The number of amides is 2. The minimum absolute atomic E-state index is 0.0361. The number of likely N-dealkylation sites (N-methyl/N-ethyl adjacent to an activating group) is 1.